The first-order valence-corrected chi connectivity index (χ1v) is 10.5. The van der Waals surface area contributed by atoms with Gasteiger partial charge < -0.3 is 19.5 Å². The highest BCUT2D eigenvalue weighted by Crippen LogP contribution is 2.11. The molecule has 1 N–H and O–H groups in total. The van der Waals surface area contributed by atoms with Crippen LogP contribution in [0.5, 0.6) is 0 Å². The minimum absolute atomic E-state index is 0.0274. The third-order valence-electron chi connectivity index (χ3n) is 4.36. The third-order valence-corrected chi connectivity index (χ3v) is 4.36. The molecule has 0 radical (unpaired) electrons. The fraction of sp³-hybridized carbons (Fsp3) is 0.400. The van der Waals surface area contributed by atoms with Crippen molar-refractivity contribution in [1.29, 1.82) is 0 Å². The number of hydrogen-bond donors (Lipinski definition) is 1. The van der Waals surface area contributed by atoms with Gasteiger partial charge in [-0.15, -0.1) is 0 Å². The van der Waals surface area contributed by atoms with Crippen LogP contribution in [0, 0.1) is 6.92 Å². The van der Waals surface area contributed by atoms with Gasteiger partial charge in [0.25, 0.3) is 0 Å². The lowest BCUT2D eigenvalue weighted by atomic mass is 10.1. The van der Waals surface area contributed by atoms with Crippen LogP contribution in [0.25, 0.3) is 0 Å². The zero-order chi connectivity index (χ0) is 23.6. The van der Waals surface area contributed by atoms with E-state index >= 15 is 0 Å². The molecular weight excluding hydrogens is 410 g/mol. The molecule has 7 nitrogen and oxygen atoms in total. The number of esters is 2. The summed E-state index contributed by atoms with van der Waals surface area (Å²) in [5.41, 5.74) is 2.05. The van der Waals surface area contributed by atoms with Gasteiger partial charge in [-0.3, -0.25) is 4.79 Å². The van der Waals surface area contributed by atoms with Crippen molar-refractivity contribution in [3.05, 3.63) is 71.3 Å². The summed E-state index contributed by atoms with van der Waals surface area (Å²) in [5, 5.41) is 2.50. The highest BCUT2D eigenvalue weighted by atomic mass is 16.6. The molecule has 0 aliphatic carbocycles. The van der Waals surface area contributed by atoms with E-state index in [1.54, 1.807) is 20.8 Å². The predicted octanol–water partition coefficient (Wildman–Crippen LogP) is 4.46. The Bertz CT molecular complexity index is 887. The Morgan fingerprint density at radius 2 is 1.47 bits per heavy atom. The van der Waals surface area contributed by atoms with E-state index in [1.807, 2.05) is 61.5 Å². The molecule has 0 unspecified atom stereocenters. The maximum atomic E-state index is 12.6. The lowest BCUT2D eigenvalue weighted by Gasteiger charge is -2.23. The molecule has 172 valence electrons. The molecule has 32 heavy (non-hydrogen) atoms. The standard InChI is InChI=1S/C25H31NO6/c1-18-10-12-20(13-11-18)17-31-23(28)21(26-24(29)32-25(2,3)4)14-15-22(27)30-16-19-8-6-5-7-9-19/h5-13,21H,14-17H2,1-4H3,(H,26,29)/t21-/m0/s1. The predicted molar refractivity (Wildman–Crippen MR) is 120 cm³/mol. The van der Waals surface area contributed by atoms with Crippen LogP contribution < -0.4 is 5.32 Å². The lowest BCUT2D eigenvalue weighted by molar-refractivity contribution is -0.149. The molecule has 2 rings (SSSR count). The van der Waals surface area contributed by atoms with Crippen molar-refractivity contribution in [2.75, 3.05) is 0 Å². The van der Waals surface area contributed by atoms with E-state index < -0.39 is 29.7 Å². The minimum atomic E-state index is -1.04. The fourth-order valence-corrected chi connectivity index (χ4v) is 2.71. The van der Waals surface area contributed by atoms with E-state index in [1.165, 1.54) is 0 Å². The number of carbonyl (C=O) groups excluding carboxylic acids is 3. The van der Waals surface area contributed by atoms with Gasteiger partial charge in [0.1, 0.15) is 24.9 Å². The highest BCUT2D eigenvalue weighted by molar-refractivity contribution is 5.82. The number of rotatable bonds is 9. The van der Waals surface area contributed by atoms with Crippen LogP contribution in [-0.4, -0.2) is 29.7 Å². The van der Waals surface area contributed by atoms with Crippen molar-refractivity contribution in [1.82, 2.24) is 5.32 Å². The number of nitrogens with one attached hydrogen (secondary N) is 1. The Morgan fingerprint density at radius 3 is 2.09 bits per heavy atom. The van der Waals surface area contributed by atoms with Crippen LogP contribution in [-0.2, 0) is 37.0 Å². The zero-order valence-corrected chi connectivity index (χ0v) is 19.1. The lowest BCUT2D eigenvalue weighted by Crippen LogP contribution is -2.44. The van der Waals surface area contributed by atoms with Gasteiger partial charge in [0, 0.05) is 6.42 Å². The molecule has 0 saturated heterocycles. The SMILES string of the molecule is Cc1ccc(COC(=O)[C@H](CCC(=O)OCc2ccccc2)NC(=O)OC(C)(C)C)cc1. The minimum Gasteiger partial charge on any atom is -0.461 e. The van der Waals surface area contributed by atoms with Crippen molar-refractivity contribution in [3.63, 3.8) is 0 Å². The Kier molecular flexibility index (Phi) is 9.25. The van der Waals surface area contributed by atoms with Gasteiger partial charge in [0.2, 0.25) is 0 Å². The molecule has 0 aliphatic rings. The first-order valence-electron chi connectivity index (χ1n) is 10.5. The van der Waals surface area contributed by atoms with E-state index in [2.05, 4.69) is 5.32 Å². The molecule has 7 heteroatoms. The molecule has 0 aliphatic heterocycles. The van der Waals surface area contributed by atoms with Crippen molar-refractivity contribution in [3.8, 4) is 0 Å². The summed E-state index contributed by atoms with van der Waals surface area (Å²) < 4.78 is 15.8. The molecular formula is C25H31NO6. The molecule has 2 aromatic carbocycles. The molecule has 0 spiro atoms. The molecule has 1 atom stereocenters. The Hall–Kier alpha value is -3.35. The second kappa shape index (κ2) is 11.9. The quantitative estimate of drug-likeness (QED) is 0.457. The maximum Gasteiger partial charge on any atom is 0.408 e. The van der Waals surface area contributed by atoms with E-state index in [4.69, 9.17) is 14.2 Å². The average Bonchev–Trinajstić information content (AvgIpc) is 2.74. The summed E-state index contributed by atoms with van der Waals surface area (Å²) in [5.74, 6) is -1.12. The van der Waals surface area contributed by atoms with E-state index in [0.29, 0.717) is 0 Å². The number of alkyl carbamates (subject to hydrolysis) is 1. The van der Waals surface area contributed by atoms with Crippen LogP contribution in [0.4, 0.5) is 4.79 Å². The van der Waals surface area contributed by atoms with Gasteiger partial charge in [-0.2, -0.15) is 0 Å². The first-order chi connectivity index (χ1) is 15.1. The second-order valence-electron chi connectivity index (χ2n) is 8.48. The summed E-state index contributed by atoms with van der Waals surface area (Å²) in [6, 6.07) is 15.8. The maximum absolute atomic E-state index is 12.6. The summed E-state index contributed by atoms with van der Waals surface area (Å²) >= 11 is 0. The number of aryl methyl sites for hydroxylation is 1. The van der Waals surface area contributed by atoms with Gasteiger partial charge >= 0.3 is 18.0 Å². The van der Waals surface area contributed by atoms with Crippen molar-refractivity contribution in [2.45, 2.75) is 65.4 Å². The second-order valence-corrected chi connectivity index (χ2v) is 8.48. The van der Waals surface area contributed by atoms with E-state index in [-0.39, 0.29) is 26.1 Å². The topological polar surface area (TPSA) is 90.9 Å². The zero-order valence-electron chi connectivity index (χ0n) is 19.1. The van der Waals surface area contributed by atoms with Crippen LogP contribution >= 0.6 is 0 Å². The summed E-state index contributed by atoms with van der Waals surface area (Å²) in [7, 11) is 0. The Morgan fingerprint density at radius 1 is 0.875 bits per heavy atom. The number of ether oxygens (including phenoxy) is 3. The number of carbonyl (C=O) groups is 3. The number of amides is 1. The molecule has 0 fully saturated rings. The van der Waals surface area contributed by atoms with Crippen LogP contribution in [0.1, 0.15) is 50.3 Å². The smallest absolute Gasteiger partial charge is 0.408 e. The largest absolute Gasteiger partial charge is 0.461 e. The van der Waals surface area contributed by atoms with Crippen molar-refractivity contribution >= 4 is 18.0 Å². The fourth-order valence-electron chi connectivity index (χ4n) is 2.71. The van der Waals surface area contributed by atoms with Crippen molar-refractivity contribution < 1.29 is 28.6 Å². The molecule has 0 saturated carbocycles. The number of hydrogen-bond acceptors (Lipinski definition) is 6. The average molecular weight is 442 g/mol. The van der Waals surface area contributed by atoms with Crippen molar-refractivity contribution in [2.24, 2.45) is 0 Å². The summed E-state index contributed by atoms with van der Waals surface area (Å²) in [4.78, 5) is 37.0. The Balaban J connectivity index is 1.92. The van der Waals surface area contributed by atoms with Gasteiger partial charge in [0.15, 0.2) is 0 Å². The molecule has 2 aromatic rings. The normalized spacial score (nSPS) is 11.9. The monoisotopic (exact) mass is 441 g/mol. The molecule has 0 heterocycles. The summed E-state index contributed by atoms with van der Waals surface area (Å²) in [6.07, 6.45) is -0.792. The molecule has 1 amide bonds. The van der Waals surface area contributed by atoms with Gasteiger partial charge in [-0.25, -0.2) is 9.59 Å². The highest BCUT2D eigenvalue weighted by Gasteiger charge is 2.26. The van der Waals surface area contributed by atoms with Crippen LogP contribution in [0.3, 0.4) is 0 Å². The first kappa shape index (κ1) is 24.9. The molecule has 0 bridgehead atoms. The third kappa shape index (κ3) is 9.64. The van der Waals surface area contributed by atoms with Crippen LogP contribution in [0.2, 0.25) is 0 Å². The summed E-state index contributed by atoms with van der Waals surface area (Å²) in [6.45, 7) is 7.33. The Labute approximate surface area is 189 Å². The van der Waals surface area contributed by atoms with Gasteiger partial charge in [0.05, 0.1) is 0 Å². The van der Waals surface area contributed by atoms with Gasteiger partial charge in [-0.05, 0) is 45.2 Å². The van der Waals surface area contributed by atoms with Crippen LogP contribution in [0.15, 0.2) is 54.6 Å². The van der Waals surface area contributed by atoms with E-state index in [9.17, 15) is 14.4 Å². The number of benzene rings is 2. The van der Waals surface area contributed by atoms with Gasteiger partial charge in [-0.1, -0.05) is 60.2 Å². The van der Waals surface area contributed by atoms with E-state index in [0.717, 1.165) is 16.7 Å². The molecule has 0 aromatic heterocycles.